The van der Waals surface area contributed by atoms with Crippen LogP contribution >= 0.6 is 0 Å². The van der Waals surface area contributed by atoms with E-state index in [2.05, 4.69) is 12.2 Å². The maximum Gasteiger partial charge on any atom is 0.0704 e. The first-order chi connectivity index (χ1) is 6.29. The maximum absolute atomic E-state index is 5.74. The average molecular weight is 184 g/mol. The lowest BCUT2D eigenvalue weighted by atomic mass is 10.2. The molecule has 0 amide bonds. The summed E-state index contributed by atoms with van der Waals surface area (Å²) in [4.78, 5) is 0. The molecule has 2 fully saturated rings. The van der Waals surface area contributed by atoms with E-state index < -0.39 is 0 Å². The van der Waals surface area contributed by atoms with Crippen molar-refractivity contribution in [3.05, 3.63) is 0 Å². The normalized spacial score (nSPS) is 43.8. The lowest BCUT2D eigenvalue weighted by molar-refractivity contribution is 0.0501. The Morgan fingerprint density at radius 2 is 2.08 bits per heavy atom. The molecule has 2 aliphatic rings. The van der Waals surface area contributed by atoms with Crippen LogP contribution in [0, 0.1) is 5.92 Å². The van der Waals surface area contributed by atoms with E-state index in [0.717, 1.165) is 24.9 Å². The fraction of sp³-hybridized carbons (Fsp3) is 1.00. The molecule has 1 heterocycles. The number of rotatable bonds is 4. The van der Waals surface area contributed by atoms with Gasteiger partial charge in [0.05, 0.1) is 12.2 Å². The number of nitrogens with two attached hydrogens (primary N) is 1. The van der Waals surface area contributed by atoms with Gasteiger partial charge in [-0.25, -0.2) is 0 Å². The highest BCUT2D eigenvalue weighted by molar-refractivity contribution is 4.90. The first-order valence-electron chi connectivity index (χ1n) is 5.38. The zero-order chi connectivity index (χ0) is 9.26. The maximum atomic E-state index is 5.74. The highest BCUT2D eigenvalue weighted by Gasteiger charge is 2.33. The lowest BCUT2D eigenvalue weighted by Crippen LogP contribution is -2.30. The second-order valence-corrected chi connectivity index (χ2v) is 4.42. The zero-order valence-electron chi connectivity index (χ0n) is 8.33. The molecule has 0 bridgehead atoms. The quantitative estimate of drug-likeness (QED) is 0.668. The molecule has 0 radical (unpaired) electrons. The van der Waals surface area contributed by atoms with Gasteiger partial charge in [0.1, 0.15) is 0 Å². The van der Waals surface area contributed by atoms with Gasteiger partial charge in [0.2, 0.25) is 0 Å². The molecule has 4 atom stereocenters. The van der Waals surface area contributed by atoms with E-state index in [-0.39, 0.29) is 0 Å². The fourth-order valence-electron chi connectivity index (χ4n) is 1.99. The standard InChI is InChI=1S/C10H20N2O/c1-7-4-10(7)12-6-9-3-2-8(5-11)13-9/h7-10,12H,2-6,11H2,1H3. The monoisotopic (exact) mass is 184 g/mol. The van der Waals surface area contributed by atoms with E-state index in [1.165, 1.54) is 12.8 Å². The minimum atomic E-state index is 0.323. The Balaban J connectivity index is 1.60. The van der Waals surface area contributed by atoms with E-state index in [9.17, 15) is 0 Å². The van der Waals surface area contributed by atoms with Crippen molar-refractivity contribution in [3.8, 4) is 0 Å². The summed E-state index contributed by atoms with van der Waals surface area (Å²) in [6.07, 6.45) is 4.40. The molecule has 2 rings (SSSR count). The van der Waals surface area contributed by atoms with Crippen LogP contribution in [0.4, 0.5) is 0 Å². The third-order valence-electron chi connectivity index (χ3n) is 3.18. The van der Waals surface area contributed by atoms with Crippen molar-refractivity contribution in [1.29, 1.82) is 0 Å². The van der Waals surface area contributed by atoms with Gasteiger partial charge in [0.15, 0.2) is 0 Å². The molecule has 3 heteroatoms. The van der Waals surface area contributed by atoms with Crippen LogP contribution < -0.4 is 11.1 Å². The molecule has 13 heavy (non-hydrogen) atoms. The fourth-order valence-corrected chi connectivity index (χ4v) is 1.99. The summed E-state index contributed by atoms with van der Waals surface area (Å²) in [6, 6.07) is 0.764. The summed E-state index contributed by atoms with van der Waals surface area (Å²) in [5, 5.41) is 3.53. The molecule has 1 saturated carbocycles. The van der Waals surface area contributed by atoms with E-state index in [1.54, 1.807) is 0 Å². The second kappa shape index (κ2) is 3.95. The van der Waals surface area contributed by atoms with Crippen LogP contribution in [-0.2, 0) is 4.74 Å². The lowest BCUT2D eigenvalue weighted by Gasteiger charge is -2.12. The number of hydrogen-bond acceptors (Lipinski definition) is 3. The summed E-state index contributed by atoms with van der Waals surface area (Å²) >= 11 is 0. The third-order valence-corrected chi connectivity index (χ3v) is 3.18. The van der Waals surface area contributed by atoms with Gasteiger partial charge in [0, 0.05) is 19.1 Å². The Hall–Kier alpha value is -0.120. The largest absolute Gasteiger partial charge is 0.372 e. The van der Waals surface area contributed by atoms with Crippen LogP contribution in [0.1, 0.15) is 26.2 Å². The SMILES string of the molecule is CC1CC1NCC1CCC(CN)O1. The minimum absolute atomic E-state index is 0.323. The summed E-state index contributed by atoms with van der Waals surface area (Å²) in [5.41, 5.74) is 5.54. The molecular formula is C10H20N2O. The highest BCUT2D eigenvalue weighted by atomic mass is 16.5. The third kappa shape index (κ3) is 2.42. The molecule has 0 spiro atoms. The first kappa shape index (κ1) is 9.44. The van der Waals surface area contributed by atoms with Crippen molar-refractivity contribution in [1.82, 2.24) is 5.32 Å². The van der Waals surface area contributed by atoms with E-state index in [0.29, 0.717) is 18.8 Å². The van der Waals surface area contributed by atoms with Gasteiger partial charge in [-0.15, -0.1) is 0 Å². The summed E-state index contributed by atoms with van der Waals surface area (Å²) in [7, 11) is 0. The summed E-state index contributed by atoms with van der Waals surface area (Å²) in [6.45, 7) is 3.98. The first-order valence-corrected chi connectivity index (χ1v) is 5.38. The minimum Gasteiger partial charge on any atom is -0.372 e. The van der Waals surface area contributed by atoms with Crippen molar-refractivity contribution in [2.45, 2.75) is 44.4 Å². The van der Waals surface area contributed by atoms with Gasteiger partial charge in [-0.3, -0.25) is 0 Å². The van der Waals surface area contributed by atoms with Crippen LogP contribution in [0.3, 0.4) is 0 Å². The van der Waals surface area contributed by atoms with E-state index in [1.807, 2.05) is 0 Å². The van der Waals surface area contributed by atoms with Crippen LogP contribution in [-0.4, -0.2) is 31.3 Å². The average Bonchev–Trinajstić information content (AvgIpc) is 2.68. The van der Waals surface area contributed by atoms with Crippen molar-refractivity contribution in [2.75, 3.05) is 13.1 Å². The van der Waals surface area contributed by atoms with Gasteiger partial charge in [-0.1, -0.05) is 6.92 Å². The Kier molecular flexibility index (Phi) is 2.86. The molecule has 0 aromatic heterocycles. The van der Waals surface area contributed by atoms with Gasteiger partial charge in [-0.2, -0.15) is 0 Å². The predicted octanol–water partition coefficient (Wildman–Crippen LogP) is 0.491. The molecule has 1 saturated heterocycles. The molecule has 3 N–H and O–H groups in total. The predicted molar refractivity (Wildman–Crippen MR) is 52.5 cm³/mol. The van der Waals surface area contributed by atoms with Crippen LogP contribution in [0.5, 0.6) is 0 Å². The molecule has 3 nitrogen and oxygen atoms in total. The molecule has 76 valence electrons. The number of hydrogen-bond donors (Lipinski definition) is 2. The Morgan fingerprint density at radius 1 is 1.38 bits per heavy atom. The van der Waals surface area contributed by atoms with Crippen molar-refractivity contribution in [2.24, 2.45) is 11.7 Å². The molecule has 0 aromatic rings. The van der Waals surface area contributed by atoms with Crippen LogP contribution in [0.2, 0.25) is 0 Å². The zero-order valence-corrected chi connectivity index (χ0v) is 8.33. The highest BCUT2D eigenvalue weighted by Crippen LogP contribution is 2.29. The number of nitrogens with one attached hydrogen (secondary N) is 1. The molecule has 0 aromatic carbocycles. The van der Waals surface area contributed by atoms with Gasteiger partial charge < -0.3 is 15.8 Å². The van der Waals surface area contributed by atoms with Crippen LogP contribution in [0.15, 0.2) is 0 Å². The Morgan fingerprint density at radius 3 is 2.62 bits per heavy atom. The molecule has 1 aliphatic heterocycles. The van der Waals surface area contributed by atoms with E-state index >= 15 is 0 Å². The summed E-state index contributed by atoms with van der Waals surface area (Å²) in [5.74, 6) is 0.881. The van der Waals surface area contributed by atoms with Crippen LogP contribution in [0.25, 0.3) is 0 Å². The topological polar surface area (TPSA) is 47.3 Å². The van der Waals surface area contributed by atoms with Crippen molar-refractivity contribution < 1.29 is 4.74 Å². The Bertz CT molecular complexity index is 174. The number of ether oxygens (including phenoxy) is 1. The van der Waals surface area contributed by atoms with Crippen molar-refractivity contribution >= 4 is 0 Å². The summed E-state index contributed by atoms with van der Waals surface area (Å²) < 4.78 is 5.74. The molecular weight excluding hydrogens is 164 g/mol. The second-order valence-electron chi connectivity index (χ2n) is 4.42. The smallest absolute Gasteiger partial charge is 0.0704 e. The molecule has 4 unspecified atom stereocenters. The molecule has 1 aliphatic carbocycles. The van der Waals surface area contributed by atoms with Gasteiger partial charge >= 0.3 is 0 Å². The van der Waals surface area contributed by atoms with Crippen molar-refractivity contribution in [3.63, 3.8) is 0 Å². The van der Waals surface area contributed by atoms with E-state index in [4.69, 9.17) is 10.5 Å². The van der Waals surface area contributed by atoms with Gasteiger partial charge in [-0.05, 0) is 25.2 Å². The van der Waals surface area contributed by atoms with Gasteiger partial charge in [0.25, 0.3) is 0 Å². The Labute approximate surface area is 80.0 Å².